The molecule has 3 nitrogen and oxygen atoms in total. The molecule has 0 radical (unpaired) electrons. The molecule has 0 bridgehead atoms. The molecule has 0 saturated carbocycles. The molecule has 0 fully saturated rings. The Balaban J connectivity index is 2.27. The van der Waals surface area contributed by atoms with Gasteiger partial charge in [0.05, 0.1) is 0 Å². The summed E-state index contributed by atoms with van der Waals surface area (Å²) in [5.74, 6) is 0.0133. The van der Waals surface area contributed by atoms with E-state index in [0.29, 0.717) is 16.8 Å². The Kier molecular flexibility index (Phi) is 3.33. The summed E-state index contributed by atoms with van der Waals surface area (Å²) in [7, 11) is 0. The number of anilines is 1. The molecular formula is C15H15NO2. The molecule has 2 aromatic carbocycles. The molecule has 0 spiro atoms. The van der Waals surface area contributed by atoms with Crippen molar-refractivity contribution in [3.63, 3.8) is 0 Å². The van der Waals surface area contributed by atoms with E-state index in [2.05, 4.69) is 5.32 Å². The van der Waals surface area contributed by atoms with Gasteiger partial charge in [0.2, 0.25) is 0 Å². The van der Waals surface area contributed by atoms with Crippen molar-refractivity contribution in [1.82, 2.24) is 0 Å². The van der Waals surface area contributed by atoms with E-state index in [4.69, 9.17) is 0 Å². The Morgan fingerprint density at radius 1 is 1.06 bits per heavy atom. The zero-order chi connectivity index (χ0) is 13.1. The van der Waals surface area contributed by atoms with Gasteiger partial charge in [-0.3, -0.25) is 4.79 Å². The van der Waals surface area contributed by atoms with Gasteiger partial charge in [0, 0.05) is 16.8 Å². The number of amides is 1. The Bertz CT molecular complexity index is 591. The first-order chi connectivity index (χ1) is 8.59. The molecule has 0 unspecified atom stereocenters. The first-order valence-corrected chi connectivity index (χ1v) is 5.75. The second-order valence-corrected chi connectivity index (χ2v) is 4.22. The van der Waals surface area contributed by atoms with Gasteiger partial charge in [0.15, 0.2) is 0 Å². The third kappa shape index (κ3) is 2.35. The molecule has 0 aliphatic rings. The van der Waals surface area contributed by atoms with Gasteiger partial charge in [-0.05, 0) is 37.6 Å². The minimum atomic E-state index is -0.165. The first-order valence-electron chi connectivity index (χ1n) is 5.75. The molecule has 3 heteroatoms. The van der Waals surface area contributed by atoms with E-state index >= 15 is 0 Å². The molecule has 92 valence electrons. The summed E-state index contributed by atoms with van der Waals surface area (Å²) in [6.45, 7) is 3.66. The van der Waals surface area contributed by atoms with Crippen molar-refractivity contribution in [2.24, 2.45) is 0 Å². The van der Waals surface area contributed by atoms with Gasteiger partial charge < -0.3 is 10.4 Å². The minimum absolute atomic E-state index is 0.165. The van der Waals surface area contributed by atoms with Crippen molar-refractivity contribution in [2.45, 2.75) is 13.8 Å². The fraction of sp³-hybridized carbons (Fsp3) is 0.133. The number of rotatable bonds is 2. The van der Waals surface area contributed by atoms with E-state index in [0.717, 1.165) is 5.56 Å². The minimum Gasteiger partial charge on any atom is -0.508 e. The number of phenolic OH excluding ortho intramolecular Hbond substituents is 1. The number of carbonyl (C=O) groups excluding carboxylic acids is 1. The third-order valence-electron chi connectivity index (χ3n) is 2.94. The second-order valence-electron chi connectivity index (χ2n) is 4.22. The largest absolute Gasteiger partial charge is 0.508 e. The number of nitrogens with one attached hydrogen (secondary N) is 1. The Hall–Kier alpha value is -2.29. The number of aryl methyl sites for hydroxylation is 1. The zero-order valence-corrected chi connectivity index (χ0v) is 10.4. The molecule has 2 N–H and O–H groups in total. The Labute approximate surface area is 106 Å². The van der Waals surface area contributed by atoms with Crippen molar-refractivity contribution in [3.05, 3.63) is 59.2 Å². The average molecular weight is 241 g/mol. The monoisotopic (exact) mass is 241 g/mol. The standard InChI is InChI=1S/C15H15NO2/c1-10-6-3-4-7-12(10)15(18)16-13-8-5-9-14(17)11(13)2/h3-9,17H,1-2H3,(H,16,18). The van der Waals surface area contributed by atoms with Gasteiger partial charge in [0.1, 0.15) is 5.75 Å². The van der Waals surface area contributed by atoms with E-state index in [9.17, 15) is 9.90 Å². The molecule has 0 heterocycles. The fourth-order valence-corrected chi connectivity index (χ4v) is 1.78. The van der Waals surface area contributed by atoms with Crippen LogP contribution in [0.25, 0.3) is 0 Å². The predicted octanol–water partition coefficient (Wildman–Crippen LogP) is 3.26. The van der Waals surface area contributed by atoms with Gasteiger partial charge >= 0.3 is 0 Å². The van der Waals surface area contributed by atoms with E-state index < -0.39 is 0 Å². The normalized spacial score (nSPS) is 10.1. The summed E-state index contributed by atoms with van der Waals surface area (Å²) < 4.78 is 0. The number of aromatic hydroxyl groups is 1. The van der Waals surface area contributed by atoms with Crippen LogP contribution in [0.5, 0.6) is 5.75 Å². The quantitative estimate of drug-likeness (QED) is 0.847. The molecule has 2 rings (SSSR count). The molecule has 18 heavy (non-hydrogen) atoms. The lowest BCUT2D eigenvalue weighted by molar-refractivity contribution is 0.102. The molecule has 1 amide bonds. The molecule has 0 aliphatic carbocycles. The van der Waals surface area contributed by atoms with Crippen LogP contribution in [-0.2, 0) is 0 Å². The van der Waals surface area contributed by atoms with Gasteiger partial charge in [-0.2, -0.15) is 0 Å². The number of benzene rings is 2. The number of phenols is 1. The first kappa shape index (κ1) is 12.2. The van der Waals surface area contributed by atoms with Gasteiger partial charge in [-0.1, -0.05) is 24.3 Å². The lowest BCUT2D eigenvalue weighted by Crippen LogP contribution is -2.13. The summed E-state index contributed by atoms with van der Waals surface area (Å²) in [5, 5.41) is 12.4. The maximum atomic E-state index is 12.1. The van der Waals surface area contributed by atoms with Crippen LogP contribution in [0.1, 0.15) is 21.5 Å². The SMILES string of the molecule is Cc1ccccc1C(=O)Nc1cccc(O)c1C. The molecular weight excluding hydrogens is 226 g/mol. The zero-order valence-electron chi connectivity index (χ0n) is 10.4. The fourth-order valence-electron chi connectivity index (χ4n) is 1.78. The smallest absolute Gasteiger partial charge is 0.255 e. The van der Waals surface area contributed by atoms with Crippen LogP contribution in [-0.4, -0.2) is 11.0 Å². The lowest BCUT2D eigenvalue weighted by atomic mass is 10.1. The van der Waals surface area contributed by atoms with Gasteiger partial charge in [-0.15, -0.1) is 0 Å². The number of hydrogen-bond donors (Lipinski definition) is 2. The third-order valence-corrected chi connectivity index (χ3v) is 2.94. The van der Waals surface area contributed by atoms with Crippen LogP contribution in [0.3, 0.4) is 0 Å². The van der Waals surface area contributed by atoms with E-state index in [-0.39, 0.29) is 11.7 Å². The number of carbonyl (C=O) groups is 1. The van der Waals surface area contributed by atoms with Crippen LogP contribution < -0.4 is 5.32 Å². The number of hydrogen-bond acceptors (Lipinski definition) is 2. The van der Waals surface area contributed by atoms with Crippen LogP contribution in [0.15, 0.2) is 42.5 Å². The molecule has 2 aromatic rings. The maximum Gasteiger partial charge on any atom is 0.255 e. The van der Waals surface area contributed by atoms with E-state index in [1.54, 1.807) is 31.2 Å². The molecule has 0 atom stereocenters. The van der Waals surface area contributed by atoms with Gasteiger partial charge in [-0.25, -0.2) is 0 Å². The lowest BCUT2D eigenvalue weighted by Gasteiger charge is -2.10. The van der Waals surface area contributed by atoms with Crippen molar-refractivity contribution < 1.29 is 9.90 Å². The summed E-state index contributed by atoms with van der Waals surface area (Å²) >= 11 is 0. The average Bonchev–Trinajstić information content (AvgIpc) is 2.35. The summed E-state index contributed by atoms with van der Waals surface area (Å²) in [4.78, 5) is 12.1. The molecule has 0 aromatic heterocycles. The van der Waals surface area contributed by atoms with Crippen LogP contribution in [0.2, 0.25) is 0 Å². The van der Waals surface area contributed by atoms with Crippen LogP contribution >= 0.6 is 0 Å². The highest BCUT2D eigenvalue weighted by molar-refractivity contribution is 6.05. The highest BCUT2D eigenvalue weighted by Crippen LogP contribution is 2.24. The van der Waals surface area contributed by atoms with Crippen molar-refractivity contribution in [1.29, 1.82) is 0 Å². The maximum absolute atomic E-state index is 12.1. The highest BCUT2D eigenvalue weighted by atomic mass is 16.3. The van der Waals surface area contributed by atoms with Crippen LogP contribution in [0, 0.1) is 13.8 Å². The summed E-state index contributed by atoms with van der Waals surface area (Å²) in [6, 6.07) is 12.5. The highest BCUT2D eigenvalue weighted by Gasteiger charge is 2.10. The molecule has 0 saturated heterocycles. The Morgan fingerprint density at radius 3 is 2.50 bits per heavy atom. The topological polar surface area (TPSA) is 49.3 Å². The summed E-state index contributed by atoms with van der Waals surface area (Å²) in [5.41, 5.74) is 2.86. The van der Waals surface area contributed by atoms with Crippen molar-refractivity contribution in [3.8, 4) is 5.75 Å². The second kappa shape index (κ2) is 4.92. The van der Waals surface area contributed by atoms with Crippen molar-refractivity contribution >= 4 is 11.6 Å². The van der Waals surface area contributed by atoms with Crippen molar-refractivity contribution in [2.75, 3.05) is 5.32 Å². The predicted molar refractivity (Wildman–Crippen MR) is 72.0 cm³/mol. The molecule has 0 aliphatic heterocycles. The van der Waals surface area contributed by atoms with E-state index in [1.165, 1.54) is 0 Å². The van der Waals surface area contributed by atoms with Gasteiger partial charge in [0.25, 0.3) is 5.91 Å². The van der Waals surface area contributed by atoms with Crippen LogP contribution in [0.4, 0.5) is 5.69 Å². The Morgan fingerprint density at radius 2 is 1.78 bits per heavy atom. The summed E-state index contributed by atoms with van der Waals surface area (Å²) in [6.07, 6.45) is 0. The van der Waals surface area contributed by atoms with E-state index in [1.807, 2.05) is 25.1 Å².